The number of phenols is 1. The number of phenolic OH excluding ortho intramolecular Hbond substituents is 1. The molecule has 3 aromatic rings. The van der Waals surface area contributed by atoms with E-state index in [-0.39, 0.29) is 5.75 Å². The maximum absolute atomic E-state index is 11.7. The normalized spacial score (nSPS) is 12.2. The van der Waals surface area contributed by atoms with Gasteiger partial charge in [-0.25, -0.2) is 0 Å². The highest BCUT2D eigenvalue weighted by atomic mass is 16.5. The van der Waals surface area contributed by atoms with Gasteiger partial charge in [0, 0.05) is 0 Å². The van der Waals surface area contributed by atoms with Gasteiger partial charge in [-0.05, 0) is 67.8 Å². The minimum absolute atomic E-state index is 0.161. The van der Waals surface area contributed by atoms with Crippen molar-refractivity contribution in [2.24, 2.45) is 0 Å². The molecule has 3 rings (SSSR count). The van der Waals surface area contributed by atoms with Crippen molar-refractivity contribution in [3.63, 3.8) is 0 Å². The molecule has 0 fully saturated rings. The van der Waals surface area contributed by atoms with Crippen molar-refractivity contribution < 1.29 is 14.9 Å². The largest absolute Gasteiger partial charge is 0.508 e. The standard InChI is InChI=1S/C25H24O3.C6H10.2C2H6/c1-2-3-4-8-19-28-24-17-13-22(14-18-24)25(27,20-9-6-5-7-10-20)21-11-15-23(26)16-12-21;1-3-5-6-4-2;2*1-2/h2-18,26-27H,19H2,1H3;3-6H,1-2H3;2*1-2H3/b3-2+,8-4+;5-3+,6-4+;;. The molecule has 0 heterocycles. The van der Waals surface area contributed by atoms with Crippen LogP contribution in [0.5, 0.6) is 11.5 Å². The second kappa shape index (κ2) is 21.3. The van der Waals surface area contributed by atoms with Crippen LogP contribution in [0, 0.1) is 0 Å². The minimum Gasteiger partial charge on any atom is -0.508 e. The molecule has 3 heteroatoms. The second-order valence-corrected chi connectivity index (χ2v) is 7.46. The number of rotatable bonds is 8. The Hall–Kier alpha value is -3.82. The summed E-state index contributed by atoms with van der Waals surface area (Å²) in [6.45, 7) is 14.4. The van der Waals surface area contributed by atoms with E-state index in [2.05, 4.69) is 0 Å². The molecule has 1 atom stereocenters. The molecule has 3 aromatic carbocycles. The highest BCUT2D eigenvalue weighted by Crippen LogP contribution is 2.37. The van der Waals surface area contributed by atoms with Gasteiger partial charge in [0.25, 0.3) is 0 Å². The highest BCUT2D eigenvalue weighted by molar-refractivity contribution is 5.48. The number of hydrogen-bond acceptors (Lipinski definition) is 3. The van der Waals surface area contributed by atoms with Crippen molar-refractivity contribution >= 4 is 0 Å². The van der Waals surface area contributed by atoms with Gasteiger partial charge in [-0.1, -0.05) is 125 Å². The molecule has 0 saturated carbocycles. The summed E-state index contributed by atoms with van der Waals surface area (Å²) in [5.74, 6) is 0.892. The fraction of sp³-hybridized carbons (Fsp3) is 0.257. The van der Waals surface area contributed by atoms with Crippen LogP contribution < -0.4 is 4.74 Å². The van der Waals surface area contributed by atoms with Crippen molar-refractivity contribution in [1.82, 2.24) is 0 Å². The number of ether oxygens (including phenoxy) is 1. The van der Waals surface area contributed by atoms with Gasteiger partial charge in [-0.3, -0.25) is 0 Å². The molecule has 0 saturated heterocycles. The molecule has 0 radical (unpaired) electrons. The van der Waals surface area contributed by atoms with Crippen molar-refractivity contribution in [2.45, 2.75) is 54.1 Å². The molecule has 0 aliphatic carbocycles. The van der Waals surface area contributed by atoms with Crippen LogP contribution in [-0.4, -0.2) is 16.8 Å². The molecular formula is C35H46O3. The fourth-order valence-electron chi connectivity index (χ4n) is 3.29. The van der Waals surface area contributed by atoms with E-state index in [0.29, 0.717) is 12.2 Å². The van der Waals surface area contributed by atoms with Crippen LogP contribution in [0.2, 0.25) is 0 Å². The predicted octanol–water partition coefficient (Wildman–Crippen LogP) is 9.38. The summed E-state index contributed by atoms with van der Waals surface area (Å²) in [6, 6.07) is 23.6. The van der Waals surface area contributed by atoms with Crippen LogP contribution in [0.25, 0.3) is 0 Å². The first-order valence-electron chi connectivity index (χ1n) is 13.4. The number of hydrogen-bond donors (Lipinski definition) is 2. The summed E-state index contributed by atoms with van der Waals surface area (Å²) >= 11 is 0. The zero-order chi connectivity index (χ0) is 28.7. The van der Waals surface area contributed by atoms with Crippen LogP contribution in [0.1, 0.15) is 65.2 Å². The van der Waals surface area contributed by atoms with Gasteiger partial charge < -0.3 is 14.9 Å². The lowest BCUT2D eigenvalue weighted by Gasteiger charge is -2.30. The predicted molar refractivity (Wildman–Crippen MR) is 165 cm³/mol. The maximum Gasteiger partial charge on any atom is 0.140 e. The first-order chi connectivity index (χ1) is 18.6. The monoisotopic (exact) mass is 514 g/mol. The third-order valence-electron chi connectivity index (χ3n) is 5.03. The molecule has 3 nitrogen and oxygen atoms in total. The first-order valence-corrected chi connectivity index (χ1v) is 13.4. The highest BCUT2D eigenvalue weighted by Gasteiger charge is 2.33. The van der Waals surface area contributed by atoms with Gasteiger partial charge in [0.1, 0.15) is 23.7 Å². The molecule has 0 aliphatic rings. The molecule has 0 aliphatic heterocycles. The van der Waals surface area contributed by atoms with Gasteiger partial charge in [-0.15, -0.1) is 0 Å². The molecular weight excluding hydrogens is 468 g/mol. The number of allylic oxidation sites excluding steroid dienone is 7. The molecule has 38 heavy (non-hydrogen) atoms. The molecule has 2 N–H and O–H groups in total. The van der Waals surface area contributed by atoms with Crippen molar-refractivity contribution in [3.05, 3.63) is 144 Å². The van der Waals surface area contributed by atoms with Crippen LogP contribution in [0.15, 0.2) is 127 Å². The maximum atomic E-state index is 11.7. The van der Waals surface area contributed by atoms with Crippen molar-refractivity contribution in [3.8, 4) is 11.5 Å². The van der Waals surface area contributed by atoms with E-state index in [1.165, 1.54) is 0 Å². The third-order valence-corrected chi connectivity index (χ3v) is 5.03. The van der Waals surface area contributed by atoms with E-state index in [4.69, 9.17) is 4.74 Å². The Bertz CT molecular complexity index is 1070. The Morgan fingerprint density at radius 3 is 1.50 bits per heavy atom. The molecule has 0 spiro atoms. The van der Waals surface area contributed by atoms with E-state index in [0.717, 1.165) is 16.9 Å². The van der Waals surface area contributed by atoms with Gasteiger partial charge in [0.15, 0.2) is 0 Å². The second-order valence-electron chi connectivity index (χ2n) is 7.46. The van der Waals surface area contributed by atoms with E-state index in [9.17, 15) is 10.2 Å². The summed E-state index contributed by atoms with van der Waals surface area (Å²) in [4.78, 5) is 0. The lowest BCUT2D eigenvalue weighted by atomic mass is 9.80. The smallest absolute Gasteiger partial charge is 0.140 e. The molecule has 0 bridgehead atoms. The summed E-state index contributed by atoms with van der Waals surface area (Å²) < 4.78 is 5.71. The Morgan fingerprint density at radius 1 is 0.605 bits per heavy atom. The summed E-state index contributed by atoms with van der Waals surface area (Å²) in [5, 5.41) is 21.4. The first kappa shape index (κ1) is 34.2. The van der Waals surface area contributed by atoms with E-state index in [1.54, 1.807) is 24.3 Å². The number of aromatic hydroxyl groups is 1. The van der Waals surface area contributed by atoms with Crippen molar-refractivity contribution in [1.29, 1.82) is 0 Å². The summed E-state index contributed by atoms with van der Waals surface area (Å²) in [7, 11) is 0. The van der Waals surface area contributed by atoms with E-state index >= 15 is 0 Å². The van der Waals surface area contributed by atoms with Crippen LogP contribution in [0.3, 0.4) is 0 Å². The van der Waals surface area contributed by atoms with Gasteiger partial charge in [-0.2, -0.15) is 0 Å². The average Bonchev–Trinajstić information content (AvgIpc) is 2.99. The molecule has 0 amide bonds. The summed E-state index contributed by atoms with van der Waals surface area (Å²) in [5.41, 5.74) is 0.823. The van der Waals surface area contributed by atoms with Gasteiger partial charge in [0.05, 0.1) is 0 Å². The topological polar surface area (TPSA) is 49.7 Å². The average molecular weight is 515 g/mol. The lowest BCUT2D eigenvalue weighted by molar-refractivity contribution is 0.125. The van der Waals surface area contributed by atoms with Crippen LogP contribution >= 0.6 is 0 Å². The number of benzene rings is 3. The zero-order valence-corrected chi connectivity index (χ0v) is 24.1. The Morgan fingerprint density at radius 2 is 1.03 bits per heavy atom. The summed E-state index contributed by atoms with van der Waals surface area (Å²) in [6.07, 6.45) is 15.8. The van der Waals surface area contributed by atoms with E-state index in [1.807, 2.05) is 152 Å². The van der Waals surface area contributed by atoms with Gasteiger partial charge >= 0.3 is 0 Å². The van der Waals surface area contributed by atoms with E-state index < -0.39 is 5.60 Å². The quantitative estimate of drug-likeness (QED) is 0.232. The zero-order valence-electron chi connectivity index (χ0n) is 24.1. The Balaban J connectivity index is 0.00000119. The lowest BCUT2D eigenvalue weighted by Crippen LogP contribution is -2.28. The van der Waals surface area contributed by atoms with Gasteiger partial charge in [0.2, 0.25) is 0 Å². The third kappa shape index (κ3) is 11.5. The number of aliphatic hydroxyl groups is 1. The molecule has 0 aromatic heterocycles. The fourth-order valence-corrected chi connectivity index (χ4v) is 3.29. The van der Waals surface area contributed by atoms with Crippen molar-refractivity contribution in [2.75, 3.05) is 6.61 Å². The Labute approximate surface area is 231 Å². The van der Waals surface area contributed by atoms with Crippen LogP contribution in [-0.2, 0) is 5.60 Å². The minimum atomic E-state index is -1.33. The molecule has 1 unspecified atom stereocenters. The SMILES string of the molecule is C/C=C/C=C/C.C/C=C/C=C/COc1ccc(C(O)(c2ccccc2)c2ccc(O)cc2)cc1.CC.CC. The van der Waals surface area contributed by atoms with Crippen LogP contribution in [0.4, 0.5) is 0 Å². The Kier molecular flexibility index (Phi) is 19.1. The molecule has 204 valence electrons.